The summed E-state index contributed by atoms with van der Waals surface area (Å²) >= 11 is 0. The molecule has 0 bridgehead atoms. The van der Waals surface area contributed by atoms with Crippen LogP contribution in [-0.4, -0.2) is 54.6 Å². The number of anilines is 1. The van der Waals surface area contributed by atoms with Crippen LogP contribution in [0, 0.1) is 0 Å². The Morgan fingerprint density at radius 2 is 2.00 bits per heavy atom. The van der Waals surface area contributed by atoms with Gasteiger partial charge in [-0.15, -0.1) is 0 Å². The average Bonchev–Trinajstić information content (AvgIpc) is 2.99. The van der Waals surface area contributed by atoms with Gasteiger partial charge in [-0.3, -0.25) is 10.00 Å². The zero-order valence-electron chi connectivity index (χ0n) is 13.3. The molecule has 6 heteroatoms. The highest BCUT2D eigenvalue weighted by molar-refractivity contribution is 5.33. The number of hydrogen-bond acceptors (Lipinski definition) is 5. The number of benzene rings is 1. The van der Waals surface area contributed by atoms with Crippen LogP contribution in [0.15, 0.2) is 30.3 Å². The minimum atomic E-state index is 0.528. The fourth-order valence-corrected chi connectivity index (χ4v) is 2.70. The third kappa shape index (κ3) is 4.97. The summed E-state index contributed by atoms with van der Waals surface area (Å²) < 4.78 is 11.2. The van der Waals surface area contributed by atoms with Crippen LogP contribution < -0.4 is 10.5 Å². The Labute approximate surface area is 136 Å². The minimum Gasteiger partial charge on any atom is -0.494 e. The van der Waals surface area contributed by atoms with Crippen molar-refractivity contribution >= 4 is 5.82 Å². The van der Waals surface area contributed by atoms with Crippen LogP contribution in [0.3, 0.4) is 0 Å². The van der Waals surface area contributed by atoms with E-state index in [1.165, 1.54) is 5.56 Å². The van der Waals surface area contributed by atoms with Crippen LogP contribution in [0.1, 0.15) is 17.7 Å². The summed E-state index contributed by atoms with van der Waals surface area (Å²) in [6.07, 6.45) is 1.83. The zero-order valence-corrected chi connectivity index (χ0v) is 13.3. The standard InChI is InChI=1S/C17H24N4O2/c18-17-13-15(19-20-17)12-14-2-4-16(5-3-14)23-9-1-6-21-7-10-22-11-8-21/h2-5,13H,1,6-12H2,(H3,18,19,20). The van der Waals surface area contributed by atoms with E-state index < -0.39 is 0 Å². The number of nitrogens with zero attached hydrogens (tertiary/aromatic N) is 2. The molecule has 2 aromatic rings. The summed E-state index contributed by atoms with van der Waals surface area (Å²) in [5.41, 5.74) is 7.82. The molecule has 3 rings (SSSR count). The van der Waals surface area contributed by atoms with Crippen molar-refractivity contribution in [2.24, 2.45) is 0 Å². The van der Waals surface area contributed by atoms with Crippen molar-refractivity contribution in [1.29, 1.82) is 0 Å². The van der Waals surface area contributed by atoms with Crippen LogP contribution in [0.4, 0.5) is 5.82 Å². The van der Waals surface area contributed by atoms with Gasteiger partial charge in [0.05, 0.1) is 19.8 Å². The number of morpholine rings is 1. The maximum absolute atomic E-state index is 5.81. The lowest BCUT2D eigenvalue weighted by atomic mass is 10.1. The number of ether oxygens (including phenoxy) is 2. The third-order valence-electron chi connectivity index (χ3n) is 3.96. The van der Waals surface area contributed by atoms with E-state index in [4.69, 9.17) is 15.2 Å². The normalized spacial score (nSPS) is 15.7. The van der Waals surface area contributed by atoms with Gasteiger partial charge in [0.25, 0.3) is 0 Å². The van der Waals surface area contributed by atoms with E-state index in [0.717, 1.165) is 63.7 Å². The first kappa shape index (κ1) is 15.8. The molecule has 23 heavy (non-hydrogen) atoms. The summed E-state index contributed by atoms with van der Waals surface area (Å²) in [7, 11) is 0. The predicted molar refractivity (Wildman–Crippen MR) is 89.6 cm³/mol. The van der Waals surface area contributed by atoms with E-state index in [2.05, 4.69) is 27.2 Å². The summed E-state index contributed by atoms with van der Waals surface area (Å²) in [5, 5.41) is 6.86. The van der Waals surface area contributed by atoms with E-state index in [9.17, 15) is 0 Å². The molecule has 6 nitrogen and oxygen atoms in total. The maximum Gasteiger partial charge on any atom is 0.145 e. The lowest BCUT2D eigenvalue weighted by molar-refractivity contribution is 0.0358. The molecule has 0 aliphatic carbocycles. The lowest BCUT2D eigenvalue weighted by Gasteiger charge is -2.26. The Balaban J connectivity index is 1.39. The van der Waals surface area contributed by atoms with Crippen LogP contribution in [0.5, 0.6) is 5.75 Å². The number of hydrogen-bond donors (Lipinski definition) is 2. The fraction of sp³-hybridized carbons (Fsp3) is 0.471. The second-order valence-electron chi connectivity index (χ2n) is 5.79. The molecule has 124 valence electrons. The second kappa shape index (κ2) is 7.99. The van der Waals surface area contributed by atoms with Gasteiger partial charge in [0, 0.05) is 37.8 Å². The van der Waals surface area contributed by atoms with Crippen LogP contribution in [0.2, 0.25) is 0 Å². The lowest BCUT2D eigenvalue weighted by Crippen LogP contribution is -2.37. The van der Waals surface area contributed by atoms with Crippen molar-refractivity contribution < 1.29 is 9.47 Å². The van der Waals surface area contributed by atoms with Gasteiger partial charge in [-0.1, -0.05) is 12.1 Å². The monoisotopic (exact) mass is 316 g/mol. The van der Waals surface area contributed by atoms with Crippen molar-refractivity contribution in [1.82, 2.24) is 15.1 Å². The van der Waals surface area contributed by atoms with E-state index in [-0.39, 0.29) is 0 Å². The predicted octanol–water partition coefficient (Wildman–Crippen LogP) is 1.68. The molecule has 0 atom stereocenters. The fourth-order valence-electron chi connectivity index (χ4n) is 2.70. The molecule has 2 heterocycles. The number of nitrogens with two attached hydrogens (primary N) is 1. The van der Waals surface area contributed by atoms with Crippen LogP contribution in [0.25, 0.3) is 0 Å². The van der Waals surface area contributed by atoms with Gasteiger partial charge in [-0.25, -0.2) is 0 Å². The summed E-state index contributed by atoms with van der Waals surface area (Å²) in [4.78, 5) is 2.42. The topological polar surface area (TPSA) is 76.4 Å². The number of nitrogens with one attached hydrogen (secondary N) is 1. The number of nitrogen functional groups attached to an aromatic ring is 1. The minimum absolute atomic E-state index is 0.528. The van der Waals surface area contributed by atoms with Gasteiger partial charge in [0.2, 0.25) is 0 Å². The SMILES string of the molecule is Nc1cc(Cc2ccc(OCCCN3CCOCC3)cc2)[nH]n1. The molecule has 1 fully saturated rings. The quantitative estimate of drug-likeness (QED) is 0.760. The van der Waals surface area contributed by atoms with E-state index >= 15 is 0 Å². The molecule has 0 saturated carbocycles. The summed E-state index contributed by atoms with van der Waals surface area (Å²) in [6.45, 7) is 5.59. The van der Waals surface area contributed by atoms with Crippen molar-refractivity contribution in [3.8, 4) is 5.75 Å². The van der Waals surface area contributed by atoms with Crippen molar-refractivity contribution in [2.75, 3.05) is 45.2 Å². The van der Waals surface area contributed by atoms with E-state index in [0.29, 0.717) is 5.82 Å². The molecule has 0 radical (unpaired) electrons. The van der Waals surface area contributed by atoms with Gasteiger partial charge >= 0.3 is 0 Å². The molecule has 1 aliphatic rings. The van der Waals surface area contributed by atoms with Crippen molar-refractivity contribution in [2.45, 2.75) is 12.8 Å². The van der Waals surface area contributed by atoms with Crippen LogP contribution in [-0.2, 0) is 11.2 Å². The highest BCUT2D eigenvalue weighted by Gasteiger charge is 2.09. The summed E-state index contributed by atoms with van der Waals surface area (Å²) in [5.74, 6) is 1.44. The molecule has 1 aromatic carbocycles. The third-order valence-corrected chi connectivity index (χ3v) is 3.96. The van der Waals surface area contributed by atoms with E-state index in [1.807, 2.05) is 18.2 Å². The Kier molecular flexibility index (Phi) is 5.50. The molecule has 1 aromatic heterocycles. The highest BCUT2D eigenvalue weighted by atomic mass is 16.5. The number of aromatic nitrogens is 2. The molecule has 3 N–H and O–H groups in total. The molecular formula is C17H24N4O2. The van der Waals surface area contributed by atoms with Gasteiger partial charge in [-0.05, 0) is 24.1 Å². The van der Waals surface area contributed by atoms with Gasteiger partial charge in [0.15, 0.2) is 0 Å². The highest BCUT2D eigenvalue weighted by Crippen LogP contribution is 2.15. The Hall–Kier alpha value is -2.05. The smallest absolute Gasteiger partial charge is 0.145 e. The molecular weight excluding hydrogens is 292 g/mol. The Morgan fingerprint density at radius 1 is 1.22 bits per heavy atom. The van der Waals surface area contributed by atoms with Gasteiger partial charge in [0.1, 0.15) is 11.6 Å². The maximum atomic E-state index is 5.81. The largest absolute Gasteiger partial charge is 0.494 e. The molecule has 0 spiro atoms. The first-order chi connectivity index (χ1) is 11.3. The van der Waals surface area contributed by atoms with Crippen molar-refractivity contribution in [3.05, 3.63) is 41.6 Å². The van der Waals surface area contributed by atoms with E-state index in [1.54, 1.807) is 0 Å². The number of H-pyrrole nitrogens is 1. The summed E-state index contributed by atoms with van der Waals surface area (Å²) in [6, 6.07) is 10.0. The van der Waals surface area contributed by atoms with Gasteiger partial charge < -0.3 is 15.2 Å². The number of rotatable bonds is 7. The first-order valence-corrected chi connectivity index (χ1v) is 8.11. The van der Waals surface area contributed by atoms with Crippen molar-refractivity contribution in [3.63, 3.8) is 0 Å². The first-order valence-electron chi connectivity index (χ1n) is 8.11. The second-order valence-corrected chi connectivity index (χ2v) is 5.79. The molecule has 0 unspecified atom stereocenters. The van der Waals surface area contributed by atoms with Crippen LogP contribution >= 0.6 is 0 Å². The molecule has 0 amide bonds. The average molecular weight is 316 g/mol. The van der Waals surface area contributed by atoms with Gasteiger partial charge in [-0.2, -0.15) is 5.10 Å². The molecule has 1 aliphatic heterocycles. The number of aromatic amines is 1. The Bertz CT molecular complexity index is 591. The zero-order chi connectivity index (χ0) is 15.9. The molecule has 1 saturated heterocycles. The Morgan fingerprint density at radius 3 is 2.70 bits per heavy atom.